The first kappa shape index (κ1) is 14.6. The summed E-state index contributed by atoms with van der Waals surface area (Å²) in [5.74, 6) is 6.52. The predicted octanol–water partition coefficient (Wildman–Crippen LogP) is 1.94. The number of rotatable bonds is 3. The van der Waals surface area contributed by atoms with Gasteiger partial charge in [-0.05, 0) is 5.56 Å². The van der Waals surface area contributed by atoms with Crippen molar-refractivity contribution >= 4 is 11.8 Å². The molecule has 0 amide bonds. The molecule has 1 heterocycles. The molecule has 1 aromatic carbocycles. The average Bonchev–Trinajstić information content (AvgIpc) is 2.40. The van der Waals surface area contributed by atoms with Gasteiger partial charge in [0.1, 0.15) is 5.69 Å². The zero-order valence-corrected chi connectivity index (χ0v) is 12.6. The normalized spacial score (nSPS) is 11.6. The van der Waals surface area contributed by atoms with Gasteiger partial charge < -0.3 is 5.84 Å². The summed E-state index contributed by atoms with van der Waals surface area (Å²) in [5, 5.41) is 8.53. The Morgan fingerprint density at radius 1 is 1.20 bits per heavy atom. The molecule has 0 spiro atoms. The topological polar surface area (TPSA) is 73.8 Å². The highest BCUT2D eigenvalue weighted by atomic mass is 32.2. The van der Waals surface area contributed by atoms with Crippen molar-refractivity contribution in [2.24, 2.45) is 0 Å². The van der Waals surface area contributed by atoms with Crippen LogP contribution in [-0.4, -0.2) is 14.9 Å². The number of hydrogen-bond donors (Lipinski definition) is 1. The van der Waals surface area contributed by atoms with Gasteiger partial charge in [-0.15, -0.1) is 10.2 Å². The Hall–Kier alpha value is -1.82. The van der Waals surface area contributed by atoms with E-state index >= 15 is 0 Å². The SMILES string of the molecule is CC(C)(C)c1nnc(SCc2ccccc2)n(N)c1=O. The van der Waals surface area contributed by atoms with Crippen molar-refractivity contribution in [2.75, 3.05) is 5.84 Å². The lowest BCUT2D eigenvalue weighted by atomic mass is 9.93. The second-order valence-corrected chi connectivity index (χ2v) is 6.47. The summed E-state index contributed by atoms with van der Waals surface area (Å²) in [6, 6.07) is 9.94. The maximum absolute atomic E-state index is 12.2. The van der Waals surface area contributed by atoms with Crippen molar-refractivity contribution in [1.29, 1.82) is 0 Å². The van der Waals surface area contributed by atoms with Gasteiger partial charge in [0.25, 0.3) is 5.56 Å². The number of aromatic nitrogens is 3. The maximum atomic E-state index is 12.2. The van der Waals surface area contributed by atoms with E-state index in [-0.39, 0.29) is 11.0 Å². The molecule has 1 aromatic heterocycles. The molecule has 2 rings (SSSR count). The zero-order valence-electron chi connectivity index (χ0n) is 11.8. The van der Waals surface area contributed by atoms with Gasteiger partial charge in [-0.3, -0.25) is 4.79 Å². The minimum absolute atomic E-state index is 0.289. The first-order valence-corrected chi connectivity index (χ1v) is 7.30. The molecule has 0 bridgehead atoms. The lowest BCUT2D eigenvalue weighted by molar-refractivity contribution is 0.520. The van der Waals surface area contributed by atoms with Gasteiger partial charge in [0, 0.05) is 11.2 Å². The molecule has 0 saturated carbocycles. The number of thioether (sulfide) groups is 1. The highest BCUT2D eigenvalue weighted by molar-refractivity contribution is 7.98. The maximum Gasteiger partial charge on any atom is 0.295 e. The molecule has 0 aliphatic rings. The van der Waals surface area contributed by atoms with E-state index in [2.05, 4.69) is 10.2 Å². The molecule has 6 heteroatoms. The number of nitrogens with two attached hydrogens (primary N) is 1. The van der Waals surface area contributed by atoms with Gasteiger partial charge >= 0.3 is 0 Å². The van der Waals surface area contributed by atoms with Crippen LogP contribution in [0, 0.1) is 0 Å². The van der Waals surface area contributed by atoms with Crippen LogP contribution in [0.5, 0.6) is 0 Å². The Morgan fingerprint density at radius 2 is 1.85 bits per heavy atom. The Balaban J connectivity index is 2.23. The number of nitrogens with zero attached hydrogens (tertiary/aromatic N) is 3. The van der Waals surface area contributed by atoms with E-state index in [0.29, 0.717) is 16.6 Å². The van der Waals surface area contributed by atoms with Crippen LogP contribution in [0.3, 0.4) is 0 Å². The quantitative estimate of drug-likeness (QED) is 0.691. The molecular weight excluding hydrogens is 272 g/mol. The van der Waals surface area contributed by atoms with Crippen LogP contribution < -0.4 is 11.4 Å². The first-order chi connectivity index (χ1) is 9.39. The Kier molecular flexibility index (Phi) is 4.13. The second kappa shape index (κ2) is 5.66. The molecule has 20 heavy (non-hydrogen) atoms. The molecule has 0 saturated heterocycles. The molecule has 2 aromatic rings. The lowest BCUT2D eigenvalue weighted by Crippen LogP contribution is -2.37. The minimum Gasteiger partial charge on any atom is -0.334 e. The van der Waals surface area contributed by atoms with Crippen molar-refractivity contribution in [2.45, 2.75) is 37.1 Å². The van der Waals surface area contributed by atoms with E-state index in [1.807, 2.05) is 51.1 Å². The van der Waals surface area contributed by atoms with Crippen molar-refractivity contribution < 1.29 is 0 Å². The molecule has 5 nitrogen and oxygen atoms in total. The second-order valence-electron chi connectivity index (χ2n) is 5.53. The van der Waals surface area contributed by atoms with Crippen molar-refractivity contribution in [3.63, 3.8) is 0 Å². The molecule has 0 aliphatic carbocycles. The van der Waals surface area contributed by atoms with Gasteiger partial charge in [0.2, 0.25) is 5.16 Å². The molecule has 0 unspecified atom stereocenters. The summed E-state index contributed by atoms with van der Waals surface area (Å²) in [7, 11) is 0. The fourth-order valence-corrected chi connectivity index (χ4v) is 2.48. The van der Waals surface area contributed by atoms with E-state index in [9.17, 15) is 4.79 Å². The third kappa shape index (κ3) is 3.19. The summed E-state index contributed by atoms with van der Waals surface area (Å²) in [5.41, 5.74) is 0.868. The van der Waals surface area contributed by atoms with Crippen LogP contribution in [0.2, 0.25) is 0 Å². The van der Waals surface area contributed by atoms with Gasteiger partial charge in [0.05, 0.1) is 0 Å². The van der Waals surface area contributed by atoms with E-state index in [1.165, 1.54) is 11.8 Å². The smallest absolute Gasteiger partial charge is 0.295 e. The van der Waals surface area contributed by atoms with Crippen LogP contribution in [0.1, 0.15) is 32.0 Å². The van der Waals surface area contributed by atoms with Gasteiger partial charge in [0.15, 0.2) is 0 Å². The molecule has 106 valence electrons. The molecule has 2 N–H and O–H groups in total. The highest BCUT2D eigenvalue weighted by Crippen LogP contribution is 2.20. The zero-order chi connectivity index (χ0) is 14.8. The van der Waals surface area contributed by atoms with Crippen molar-refractivity contribution in [3.8, 4) is 0 Å². The fourth-order valence-electron chi connectivity index (χ4n) is 1.68. The minimum atomic E-state index is -0.367. The number of benzene rings is 1. The molecule has 0 atom stereocenters. The fraction of sp³-hybridized carbons (Fsp3) is 0.357. The summed E-state index contributed by atoms with van der Waals surface area (Å²) in [6.07, 6.45) is 0. The first-order valence-electron chi connectivity index (χ1n) is 6.31. The van der Waals surface area contributed by atoms with E-state index in [1.54, 1.807) is 0 Å². The largest absolute Gasteiger partial charge is 0.334 e. The van der Waals surface area contributed by atoms with Crippen LogP contribution in [0.15, 0.2) is 40.3 Å². The van der Waals surface area contributed by atoms with E-state index in [4.69, 9.17) is 5.84 Å². The average molecular weight is 290 g/mol. The number of hydrogen-bond acceptors (Lipinski definition) is 5. The number of nitrogen functional groups attached to an aromatic ring is 1. The summed E-state index contributed by atoms with van der Waals surface area (Å²) < 4.78 is 1.08. The standard InChI is InChI=1S/C14H18N4OS/c1-14(2,3)11-12(19)18(15)13(17-16-11)20-9-10-7-5-4-6-8-10/h4-8H,9,15H2,1-3H3. The Morgan fingerprint density at radius 3 is 2.45 bits per heavy atom. The van der Waals surface area contributed by atoms with Gasteiger partial charge in [-0.25, -0.2) is 0 Å². The molecular formula is C14H18N4OS. The lowest BCUT2D eigenvalue weighted by Gasteiger charge is -2.17. The third-order valence-electron chi connectivity index (χ3n) is 2.78. The monoisotopic (exact) mass is 290 g/mol. The Labute approximate surface area is 122 Å². The van der Waals surface area contributed by atoms with Crippen LogP contribution in [0.25, 0.3) is 0 Å². The molecule has 0 radical (unpaired) electrons. The van der Waals surface area contributed by atoms with E-state index < -0.39 is 0 Å². The summed E-state index contributed by atoms with van der Waals surface area (Å²) in [6.45, 7) is 5.74. The van der Waals surface area contributed by atoms with Crippen LogP contribution in [-0.2, 0) is 11.2 Å². The summed E-state index contributed by atoms with van der Waals surface area (Å²) >= 11 is 1.40. The van der Waals surface area contributed by atoms with Gasteiger partial charge in [-0.1, -0.05) is 62.9 Å². The van der Waals surface area contributed by atoms with Crippen molar-refractivity contribution in [3.05, 3.63) is 51.9 Å². The third-order valence-corrected chi connectivity index (χ3v) is 3.80. The predicted molar refractivity (Wildman–Crippen MR) is 81.1 cm³/mol. The summed E-state index contributed by atoms with van der Waals surface area (Å²) in [4.78, 5) is 12.2. The van der Waals surface area contributed by atoms with Crippen LogP contribution in [0.4, 0.5) is 0 Å². The van der Waals surface area contributed by atoms with E-state index in [0.717, 1.165) is 10.2 Å². The highest BCUT2D eigenvalue weighted by Gasteiger charge is 2.22. The Bertz CT molecular complexity index is 646. The molecule has 0 aliphatic heterocycles. The molecule has 0 fully saturated rings. The van der Waals surface area contributed by atoms with Crippen LogP contribution >= 0.6 is 11.8 Å². The van der Waals surface area contributed by atoms with Crippen molar-refractivity contribution in [1.82, 2.24) is 14.9 Å². The van der Waals surface area contributed by atoms with Gasteiger partial charge in [-0.2, -0.15) is 4.68 Å².